The van der Waals surface area contributed by atoms with Crippen LogP contribution in [0.15, 0.2) is 30.6 Å². The molecule has 132 valence electrons. The second-order valence-electron chi connectivity index (χ2n) is 6.05. The molecule has 3 rings (SSSR count). The van der Waals surface area contributed by atoms with Crippen LogP contribution in [0, 0.1) is 5.82 Å². The summed E-state index contributed by atoms with van der Waals surface area (Å²) in [5, 5.41) is 0. The molecule has 2 aromatic heterocycles. The third-order valence-electron chi connectivity index (χ3n) is 4.29. The number of aryl methyl sites for hydroxylation is 2. The third kappa shape index (κ3) is 4.04. The Morgan fingerprint density at radius 2 is 2.24 bits per heavy atom. The number of nitrogens with zero attached hydrogens (tertiary/aromatic N) is 4. The molecule has 3 aromatic rings. The zero-order valence-electron chi connectivity index (χ0n) is 14.5. The molecule has 1 amide bonds. The smallest absolute Gasteiger partial charge is 0.224 e. The van der Waals surface area contributed by atoms with Gasteiger partial charge in [-0.2, -0.15) is 0 Å². The van der Waals surface area contributed by atoms with Crippen LogP contribution in [0.1, 0.15) is 25.0 Å². The van der Waals surface area contributed by atoms with Crippen LogP contribution in [0.5, 0.6) is 0 Å². The Morgan fingerprint density at radius 1 is 1.40 bits per heavy atom. The second kappa shape index (κ2) is 7.46. The van der Waals surface area contributed by atoms with Gasteiger partial charge >= 0.3 is 0 Å². The minimum Gasteiger partial charge on any atom is -0.345 e. The molecule has 6 nitrogen and oxygen atoms in total. The summed E-state index contributed by atoms with van der Waals surface area (Å²) in [6, 6.07) is 4.47. The maximum Gasteiger partial charge on any atom is 0.224 e. The molecule has 0 radical (unpaired) electrons. The minimum absolute atomic E-state index is 0.0814. The van der Waals surface area contributed by atoms with Crippen molar-refractivity contribution in [1.82, 2.24) is 24.4 Å². The number of hydrogen-bond acceptors (Lipinski definition) is 3. The summed E-state index contributed by atoms with van der Waals surface area (Å²) in [5.41, 5.74) is 1.41. The van der Waals surface area contributed by atoms with Gasteiger partial charge in [-0.1, -0.05) is 6.92 Å². The molecule has 1 N–H and O–H groups in total. The highest BCUT2D eigenvalue weighted by Gasteiger charge is 2.11. The molecule has 0 bridgehead atoms. The maximum absolute atomic E-state index is 13.2. The van der Waals surface area contributed by atoms with E-state index in [4.69, 9.17) is 0 Å². The first-order valence-electron chi connectivity index (χ1n) is 8.45. The Hall–Kier alpha value is -2.70. The van der Waals surface area contributed by atoms with Gasteiger partial charge < -0.3 is 14.5 Å². The zero-order valence-corrected chi connectivity index (χ0v) is 14.5. The third-order valence-corrected chi connectivity index (χ3v) is 4.29. The van der Waals surface area contributed by atoms with Crippen molar-refractivity contribution in [1.29, 1.82) is 0 Å². The van der Waals surface area contributed by atoms with E-state index in [0.29, 0.717) is 31.4 Å². The van der Waals surface area contributed by atoms with Gasteiger partial charge in [-0.25, -0.2) is 14.4 Å². The Bertz CT molecular complexity index is 869. The highest BCUT2D eigenvalue weighted by atomic mass is 19.1. The number of carbonyl (C=O) groups excluding carboxylic acids is 1. The van der Waals surface area contributed by atoms with Crippen molar-refractivity contribution >= 4 is 16.9 Å². The van der Waals surface area contributed by atoms with Gasteiger partial charge in [0.15, 0.2) is 0 Å². The van der Waals surface area contributed by atoms with Crippen molar-refractivity contribution in [3.8, 4) is 0 Å². The predicted molar refractivity (Wildman–Crippen MR) is 93.6 cm³/mol. The Kier molecular flexibility index (Phi) is 5.11. The van der Waals surface area contributed by atoms with E-state index >= 15 is 0 Å². The van der Waals surface area contributed by atoms with Gasteiger partial charge in [0.05, 0.1) is 11.0 Å². The first-order chi connectivity index (χ1) is 12.1. The molecule has 0 aliphatic heterocycles. The molecule has 0 saturated heterocycles. The van der Waals surface area contributed by atoms with E-state index in [1.165, 1.54) is 12.1 Å². The van der Waals surface area contributed by atoms with Crippen molar-refractivity contribution < 1.29 is 9.18 Å². The van der Waals surface area contributed by atoms with Gasteiger partial charge in [0.25, 0.3) is 0 Å². The number of benzene rings is 1. The highest BCUT2D eigenvalue weighted by Crippen LogP contribution is 2.13. The number of carbonyl (C=O) groups is 1. The van der Waals surface area contributed by atoms with Crippen LogP contribution in [-0.2, 0) is 24.2 Å². The molecule has 0 unspecified atom stereocenters. The fraction of sp³-hybridized carbons (Fsp3) is 0.389. The number of aromatic amines is 1. The van der Waals surface area contributed by atoms with Crippen molar-refractivity contribution in [2.45, 2.75) is 32.7 Å². The maximum atomic E-state index is 13.2. The van der Waals surface area contributed by atoms with E-state index in [1.54, 1.807) is 24.2 Å². The number of likely N-dealkylation sites (N-methyl/N-ethyl adjacent to an activating group) is 1. The van der Waals surface area contributed by atoms with Gasteiger partial charge in [-0.15, -0.1) is 0 Å². The number of nitrogens with one attached hydrogen (secondary N) is 1. The number of aromatic nitrogens is 4. The summed E-state index contributed by atoms with van der Waals surface area (Å²) in [4.78, 5) is 25.8. The average Bonchev–Trinajstić information content (AvgIpc) is 3.22. The fourth-order valence-corrected chi connectivity index (χ4v) is 2.82. The number of fused-ring (bicyclic) bond motifs is 1. The highest BCUT2D eigenvalue weighted by molar-refractivity contribution is 5.76. The summed E-state index contributed by atoms with van der Waals surface area (Å²) < 4.78 is 15.2. The van der Waals surface area contributed by atoms with Gasteiger partial charge in [-0.05, 0) is 18.2 Å². The van der Waals surface area contributed by atoms with Crippen LogP contribution in [-0.4, -0.2) is 43.9 Å². The van der Waals surface area contributed by atoms with Crippen LogP contribution in [0.4, 0.5) is 4.39 Å². The molecule has 0 saturated carbocycles. The Labute approximate surface area is 145 Å². The first-order valence-corrected chi connectivity index (χ1v) is 8.45. The average molecular weight is 343 g/mol. The molecule has 0 spiro atoms. The number of amides is 1. The van der Waals surface area contributed by atoms with E-state index < -0.39 is 0 Å². The van der Waals surface area contributed by atoms with Crippen molar-refractivity contribution in [3.05, 3.63) is 48.1 Å². The predicted octanol–water partition coefficient (Wildman–Crippen LogP) is 2.55. The van der Waals surface area contributed by atoms with E-state index in [1.807, 2.05) is 17.7 Å². The molecule has 0 aliphatic rings. The molecule has 7 heteroatoms. The molecular weight excluding hydrogens is 321 g/mol. The second-order valence-corrected chi connectivity index (χ2v) is 6.05. The molecule has 1 aromatic carbocycles. The first kappa shape index (κ1) is 17.1. The van der Waals surface area contributed by atoms with Gasteiger partial charge in [-0.3, -0.25) is 4.79 Å². The van der Waals surface area contributed by atoms with Gasteiger partial charge in [0, 0.05) is 51.8 Å². The summed E-state index contributed by atoms with van der Waals surface area (Å²) in [6.07, 6.45) is 5.55. The molecule has 0 aliphatic carbocycles. The number of hydrogen-bond donors (Lipinski definition) is 1. The number of imidazole rings is 2. The number of H-pyrrole nitrogens is 1. The number of rotatable bonds is 7. The normalized spacial score (nSPS) is 11.2. The van der Waals surface area contributed by atoms with Crippen LogP contribution in [0.25, 0.3) is 11.0 Å². The number of halogens is 1. The van der Waals surface area contributed by atoms with Crippen LogP contribution in [0.3, 0.4) is 0 Å². The van der Waals surface area contributed by atoms with Crippen molar-refractivity contribution in [2.24, 2.45) is 0 Å². The van der Waals surface area contributed by atoms with Gasteiger partial charge in [0.2, 0.25) is 5.91 Å². The zero-order chi connectivity index (χ0) is 17.8. The summed E-state index contributed by atoms with van der Waals surface area (Å²) >= 11 is 0. The van der Waals surface area contributed by atoms with Crippen molar-refractivity contribution in [3.63, 3.8) is 0 Å². The Morgan fingerprint density at radius 3 is 3.04 bits per heavy atom. The largest absolute Gasteiger partial charge is 0.345 e. The molecule has 0 fully saturated rings. The lowest BCUT2D eigenvalue weighted by molar-refractivity contribution is -0.130. The molecule has 2 heterocycles. The summed E-state index contributed by atoms with van der Waals surface area (Å²) in [5.74, 6) is 1.53. The van der Waals surface area contributed by atoms with E-state index in [0.717, 1.165) is 23.6 Å². The fourth-order valence-electron chi connectivity index (χ4n) is 2.82. The molecule has 25 heavy (non-hydrogen) atoms. The van der Waals surface area contributed by atoms with Crippen LogP contribution in [0.2, 0.25) is 0 Å². The Balaban J connectivity index is 1.52. The topological polar surface area (TPSA) is 66.8 Å². The van der Waals surface area contributed by atoms with Crippen molar-refractivity contribution in [2.75, 3.05) is 13.6 Å². The lowest BCUT2D eigenvalue weighted by Crippen LogP contribution is -2.29. The van der Waals surface area contributed by atoms with E-state index in [2.05, 4.69) is 15.0 Å². The quantitative estimate of drug-likeness (QED) is 0.717. The molecule has 0 atom stereocenters. The van der Waals surface area contributed by atoms with E-state index in [9.17, 15) is 9.18 Å². The van der Waals surface area contributed by atoms with Gasteiger partial charge in [0.1, 0.15) is 17.5 Å². The van der Waals surface area contributed by atoms with Crippen LogP contribution >= 0.6 is 0 Å². The van der Waals surface area contributed by atoms with E-state index in [-0.39, 0.29) is 11.7 Å². The standard InChI is InChI=1S/C18H22FN5O/c1-3-17-20-8-11-24(17)10-7-18(25)23(2)9-6-16-21-14-5-4-13(19)12-15(14)22-16/h4-5,8,11-12H,3,6-7,9-10H2,1-2H3,(H,21,22). The SMILES string of the molecule is CCc1nccn1CCC(=O)N(C)CCc1nc2ccc(F)cc2[nH]1. The monoisotopic (exact) mass is 343 g/mol. The summed E-state index contributed by atoms with van der Waals surface area (Å²) in [6.45, 7) is 3.24. The van der Waals surface area contributed by atoms with Crippen LogP contribution < -0.4 is 0 Å². The lowest BCUT2D eigenvalue weighted by Gasteiger charge is -2.17. The minimum atomic E-state index is -0.291. The molecular formula is C18H22FN5O. The summed E-state index contributed by atoms with van der Waals surface area (Å²) in [7, 11) is 1.79. The lowest BCUT2D eigenvalue weighted by atomic mass is 10.3.